The lowest BCUT2D eigenvalue weighted by atomic mass is 9.94. The van der Waals surface area contributed by atoms with Gasteiger partial charge >= 0.3 is 5.97 Å². The maximum atomic E-state index is 10.8. The molecule has 0 radical (unpaired) electrons. The van der Waals surface area contributed by atoms with Gasteiger partial charge < -0.3 is 10.8 Å². The van der Waals surface area contributed by atoms with Gasteiger partial charge in [0.1, 0.15) is 0 Å². The van der Waals surface area contributed by atoms with Crippen molar-refractivity contribution in [3.8, 4) is 0 Å². The van der Waals surface area contributed by atoms with E-state index in [0.717, 1.165) is 22.2 Å². The molecule has 1 heterocycles. The number of carbonyl (C=O) groups is 1. The van der Waals surface area contributed by atoms with Crippen LogP contribution in [0.15, 0.2) is 30.3 Å². The van der Waals surface area contributed by atoms with Crippen molar-refractivity contribution in [3.05, 3.63) is 41.6 Å². The third-order valence-corrected chi connectivity index (χ3v) is 3.03. The van der Waals surface area contributed by atoms with Gasteiger partial charge in [-0.3, -0.25) is 9.78 Å². The first-order valence-electron chi connectivity index (χ1n) is 5.89. The summed E-state index contributed by atoms with van der Waals surface area (Å²) in [5.41, 5.74) is 8.49. The number of fused-ring (bicyclic) bond motifs is 1. The molecular formula is C14H16N2O2. The molecule has 1 atom stereocenters. The molecule has 0 fully saturated rings. The van der Waals surface area contributed by atoms with Crippen molar-refractivity contribution >= 4 is 16.9 Å². The Balaban J connectivity index is 2.39. The Kier molecular flexibility index (Phi) is 3.58. The molecule has 0 amide bonds. The Bertz CT molecular complexity index is 581. The summed E-state index contributed by atoms with van der Waals surface area (Å²) in [5, 5.41) is 9.87. The van der Waals surface area contributed by atoms with Crippen molar-refractivity contribution in [1.29, 1.82) is 0 Å². The standard InChI is InChI=1S/C14H16N2O2/c1-9-2-3-11-6-10(4-5-13(11)16-9)12(8-15)7-14(17)18/h2-6,12H,7-8,15H2,1H3,(H,17,18). The molecule has 0 bridgehead atoms. The van der Waals surface area contributed by atoms with E-state index in [9.17, 15) is 4.79 Å². The molecule has 0 saturated heterocycles. The van der Waals surface area contributed by atoms with Crippen LogP contribution in [-0.2, 0) is 4.79 Å². The van der Waals surface area contributed by atoms with E-state index in [-0.39, 0.29) is 12.3 Å². The Morgan fingerprint density at radius 3 is 2.83 bits per heavy atom. The normalized spacial score (nSPS) is 12.6. The van der Waals surface area contributed by atoms with Crippen molar-refractivity contribution in [2.24, 2.45) is 5.73 Å². The Hall–Kier alpha value is -1.94. The molecule has 18 heavy (non-hydrogen) atoms. The summed E-state index contributed by atoms with van der Waals surface area (Å²) in [7, 11) is 0. The van der Waals surface area contributed by atoms with Crippen LogP contribution < -0.4 is 5.73 Å². The van der Waals surface area contributed by atoms with E-state index in [2.05, 4.69) is 4.98 Å². The molecule has 1 aromatic carbocycles. The minimum Gasteiger partial charge on any atom is -0.481 e. The summed E-state index contributed by atoms with van der Waals surface area (Å²) >= 11 is 0. The molecule has 2 aromatic rings. The van der Waals surface area contributed by atoms with Crippen molar-refractivity contribution in [3.63, 3.8) is 0 Å². The number of hydrogen-bond acceptors (Lipinski definition) is 3. The maximum Gasteiger partial charge on any atom is 0.304 e. The number of pyridine rings is 1. The monoisotopic (exact) mass is 244 g/mol. The summed E-state index contributed by atoms with van der Waals surface area (Å²) in [6.45, 7) is 2.28. The van der Waals surface area contributed by atoms with Gasteiger partial charge in [-0.2, -0.15) is 0 Å². The number of aromatic nitrogens is 1. The molecule has 1 aromatic heterocycles. The first kappa shape index (κ1) is 12.5. The van der Waals surface area contributed by atoms with Crippen molar-refractivity contribution in [1.82, 2.24) is 4.98 Å². The molecule has 4 nitrogen and oxygen atoms in total. The lowest BCUT2D eigenvalue weighted by molar-refractivity contribution is -0.137. The zero-order chi connectivity index (χ0) is 13.1. The van der Waals surface area contributed by atoms with Crippen LogP contribution in [0.4, 0.5) is 0 Å². The molecule has 0 aliphatic carbocycles. The van der Waals surface area contributed by atoms with Crippen molar-refractivity contribution in [2.45, 2.75) is 19.3 Å². The minimum absolute atomic E-state index is 0.0568. The van der Waals surface area contributed by atoms with E-state index in [1.54, 1.807) is 0 Å². The van der Waals surface area contributed by atoms with Crippen LogP contribution in [0.2, 0.25) is 0 Å². The SMILES string of the molecule is Cc1ccc2cc(C(CN)CC(=O)O)ccc2n1. The fraction of sp³-hybridized carbons (Fsp3) is 0.286. The highest BCUT2D eigenvalue weighted by Crippen LogP contribution is 2.23. The number of rotatable bonds is 4. The molecule has 4 heteroatoms. The molecule has 0 spiro atoms. The number of nitrogens with two attached hydrogens (primary N) is 1. The number of aryl methyl sites for hydroxylation is 1. The van der Waals surface area contributed by atoms with E-state index in [1.165, 1.54) is 0 Å². The first-order valence-corrected chi connectivity index (χ1v) is 5.89. The topological polar surface area (TPSA) is 76.2 Å². The lowest BCUT2D eigenvalue weighted by Gasteiger charge is -2.13. The fourth-order valence-corrected chi connectivity index (χ4v) is 2.05. The molecule has 3 N–H and O–H groups in total. The van der Waals surface area contributed by atoms with Crippen LogP contribution in [0.5, 0.6) is 0 Å². The number of carboxylic acids is 1. The van der Waals surface area contributed by atoms with Gasteiger partial charge in [-0.25, -0.2) is 0 Å². The maximum absolute atomic E-state index is 10.8. The summed E-state index contributed by atoms with van der Waals surface area (Å²) < 4.78 is 0. The minimum atomic E-state index is -0.826. The summed E-state index contributed by atoms with van der Waals surface area (Å²) in [5.74, 6) is -0.971. The van der Waals surface area contributed by atoms with Crippen molar-refractivity contribution < 1.29 is 9.90 Å². The zero-order valence-corrected chi connectivity index (χ0v) is 10.3. The molecule has 1 unspecified atom stereocenters. The summed E-state index contributed by atoms with van der Waals surface area (Å²) in [4.78, 5) is 15.2. The summed E-state index contributed by atoms with van der Waals surface area (Å²) in [6.07, 6.45) is 0.0568. The molecule has 0 saturated carbocycles. The summed E-state index contributed by atoms with van der Waals surface area (Å²) in [6, 6.07) is 9.75. The first-order chi connectivity index (χ1) is 8.60. The van der Waals surface area contributed by atoms with Crippen LogP contribution in [-0.4, -0.2) is 22.6 Å². The van der Waals surface area contributed by atoms with Crippen molar-refractivity contribution in [2.75, 3.05) is 6.54 Å². The highest BCUT2D eigenvalue weighted by molar-refractivity contribution is 5.80. The second kappa shape index (κ2) is 5.14. The highest BCUT2D eigenvalue weighted by Gasteiger charge is 2.14. The second-order valence-electron chi connectivity index (χ2n) is 4.44. The third kappa shape index (κ3) is 2.65. The van der Waals surface area contributed by atoms with Crippen LogP contribution in [0, 0.1) is 6.92 Å². The van der Waals surface area contributed by atoms with Gasteiger partial charge in [-0.15, -0.1) is 0 Å². The fourth-order valence-electron chi connectivity index (χ4n) is 2.05. The molecule has 0 aliphatic rings. The number of hydrogen-bond donors (Lipinski definition) is 2. The lowest BCUT2D eigenvalue weighted by Crippen LogP contribution is -2.16. The second-order valence-corrected chi connectivity index (χ2v) is 4.44. The predicted molar refractivity (Wildman–Crippen MR) is 70.5 cm³/mol. The highest BCUT2D eigenvalue weighted by atomic mass is 16.4. The van der Waals surface area contributed by atoms with Gasteiger partial charge in [0.15, 0.2) is 0 Å². The Morgan fingerprint density at radius 1 is 1.39 bits per heavy atom. The van der Waals surface area contributed by atoms with Gasteiger partial charge in [0.05, 0.1) is 11.9 Å². The Morgan fingerprint density at radius 2 is 2.17 bits per heavy atom. The largest absolute Gasteiger partial charge is 0.481 e. The van der Waals surface area contributed by atoms with Crippen LogP contribution in [0.25, 0.3) is 10.9 Å². The van der Waals surface area contributed by atoms with Gasteiger partial charge in [-0.1, -0.05) is 12.1 Å². The molecular weight excluding hydrogens is 228 g/mol. The van der Waals surface area contributed by atoms with Gasteiger partial charge in [0, 0.05) is 17.0 Å². The molecule has 94 valence electrons. The van der Waals surface area contributed by atoms with E-state index < -0.39 is 5.97 Å². The van der Waals surface area contributed by atoms with Gasteiger partial charge in [0.25, 0.3) is 0 Å². The van der Waals surface area contributed by atoms with Gasteiger partial charge in [0.2, 0.25) is 0 Å². The van der Waals surface area contributed by atoms with Crippen LogP contribution in [0.1, 0.15) is 23.6 Å². The van der Waals surface area contributed by atoms with E-state index in [4.69, 9.17) is 10.8 Å². The van der Waals surface area contributed by atoms with E-state index in [0.29, 0.717) is 6.54 Å². The third-order valence-electron chi connectivity index (χ3n) is 3.03. The smallest absolute Gasteiger partial charge is 0.304 e. The zero-order valence-electron chi connectivity index (χ0n) is 10.3. The average Bonchev–Trinajstić information content (AvgIpc) is 2.35. The van der Waals surface area contributed by atoms with Crippen LogP contribution in [0.3, 0.4) is 0 Å². The predicted octanol–water partition coefficient (Wildman–Crippen LogP) is 2.06. The quantitative estimate of drug-likeness (QED) is 0.863. The Labute approximate surface area is 105 Å². The van der Waals surface area contributed by atoms with E-state index >= 15 is 0 Å². The molecule has 0 aliphatic heterocycles. The number of carboxylic acid groups (broad SMARTS) is 1. The number of nitrogens with zero attached hydrogens (tertiary/aromatic N) is 1. The number of aliphatic carboxylic acids is 1. The average molecular weight is 244 g/mol. The number of benzene rings is 1. The van der Waals surface area contributed by atoms with Crippen LogP contribution >= 0.6 is 0 Å². The van der Waals surface area contributed by atoms with Gasteiger partial charge in [-0.05, 0) is 37.2 Å². The molecule has 2 rings (SSSR count). The van der Waals surface area contributed by atoms with E-state index in [1.807, 2.05) is 37.3 Å².